The van der Waals surface area contributed by atoms with Gasteiger partial charge in [0.15, 0.2) is 9.75 Å². The van der Waals surface area contributed by atoms with Crippen molar-refractivity contribution in [3.8, 4) is 5.75 Å². The van der Waals surface area contributed by atoms with Gasteiger partial charge in [-0.1, -0.05) is 29.3 Å². The normalized spacial score (nSPS) is 33.7. The van der Waals surface area contributed by atoms with Crippen LogP contribution >= 0.6 is 34.8 Å². The van der Waals surface area contributed by atoms with Gasteiger partial charge in [0.1, 0.15) is 11.6 Å². The van der Waals surface area contributed by atoms with E-state index < -0.39 is 51.1 Å². The number of benzene rings is 2. The van der Waals surface area contributed by atoms with Crippen LogP contribution in [0.25, 0.3) is 0 Å². The molecule has 2 heterocycles. The SMILES string of the molecule is CCN1C(=O)C2CC=C3C(CC4(Cl)C(=O)N(c5ccc(F)cc5)C(=O)C4(Cl)C3c3ccc(O)cc3Cl)C2C1=O. The number of hydrogen-bond donors (Lipinski definition) is 1. The molecule has 1 N–H and O–H groups in total. The quantitative estimate of drug-likeness (QED) is 0.315. The van der Waals surface area contributed by atoms with Crippen LogP contribution < -0.4 is 4.90 Å². The third-order valence-electron chi connectivity index (χ3n) is 8.60. The van der Waals surface area contributed by atoms with Crippen molar-refractivity contribution in [2.75, 3.05) is 11.4 Å². The molecule has 7 nitrogen and oxygen atoms in total. The average molecular weight is 592 g/mol. The molecule has 2 aromatic rings. The Kier molecular flexibility index (Phi) is 5.92. The number of phenols is 1. The lowest BCUT2D eigenvalue weighted by molar-refractivity contribution is -0.140. The van der Waals surface area contributed by atoms with Crippen LogP contribution in [0, 0.1) is 23.6 Å². The van der Waals surface area contributed by atoms with Crippen molar-refractivity contribution < 1.29 is 28.7 Å². The van der Waals surface area contributed by atoms with E-state index >= 15 is 0 Å². The van der Waals surface area contributed by atoms with Gasteiger partial charge in [0.2, 0.25) is 11.8 Å². The molecule has 3 fully saturated rings. The van der Waals surface area contributed by atoms with E-state index in [9.17, 15) is 28.7 Å². The van der Waals surface area contributed by atoms with E-state index in [1.807, 2.05) is 6.08 Å². The molecule has 6 atom stereocenters. The number of alkyl halides is 2. The second-order valence-electron chi connectivity index (χ2n) is 10.4. The van der Waals surface area contributed by atoms with Gasteiger partial charge in [0.05, 0.1) is 17.5 Å². The first-order chi connectivity index (χ1) is 18.5. The lowest BCUT2D eigenvalue weighted by Crippen LogP contribution is -2.60. The van der Waals surface area contributed by atoms with E-state index in [0.29, 0.717) is 11.1 Å². The maximum Gasteiger partial charge on any atom is 0.258 e. The molecule has 2 saturated heterocycles. The fourth-order valence-corrected chi connectivity index (χ4v) is 8.08. The molecule has 2 aromatic carbocycles. The first-order valence-electron chi connectivity index (χ1n) is 12.5. The van der Waals surface area contributed by atoms with Crippen LogP contribution in [0.2, 0.25) is 5.02 Å². The topological polar surface area (TPSA) is 95.0 Å². The molecule has 0 aromatic heterocycles. The molecule has 0 bridgehead atoms. The van der Waals surface area contributed by atoms with Crippen LogP contribution in [0.4, 0.5) is 10.1 Å². The Balaban J connectivity index is 1.58. The van der Waals surface area contributed by atoms with Crippen molar-refractivity contribution in [2.24, 2.45) is 17.8 Å². The van der Waals surface area contributed by atoms with Crippen molar-refractivity contribution in [3.05, 3.63) is 70.5 Å². The van der Waals surface area contributed by atoms with Crippen molar-refractivity contribution >= 4 is 64.1 Å². The summed E-state index contributed by atoms with van der Waals surface area (Å²) in [5.74, 6) is -6.07. The van der Waals surface area contributed by atoms with Crippen molar-refractivity contribution in [1.82, 2.24) is 4.90 Å². The number of aromatic hydroxyl groups is 1. The number of hydrogen-bond acceptors (Lipinski definition) is 5. The Morgan fingerprint density at radius 3 is 2.33 bits per heavy atom. The minimum atomic E-state index is -2.08. The summed E-state index contributed by atoms with van der Waals surface area (Å²) in [7, 11) is 0. The summed E-state index contributed by atoms with van der Waals surface area (Å²) in [5, 5.41) is 10.1. The van der Waals surface area contributed by atoms with Gasteiger partial charge in [-0.15, -0.1) is 23.2 Å². The third kappa shape index (κ3) is 3.34. The maximum absolute atomic E-state index is 14.2. The van der Waals surface area contributed by atoms with Crippen LogP contribution in [0.5, 0.6) is 5.75 Å². The van der Waals surface area contributed by atoms with Crippen molar-refractivity contribution in [1.29, 1.82) is 0 Å². The van der Waals surface area contributed by atoms with Gasteiger partial charge in [0, 0.05) is 17.5 Å². The highest BCUT2D eigenvalue weighted by Gasteiger charge is 2.76. The summed E-state index contributed by atoms with van der Waals surface area (Å²) in [4.78, 5) is 52.7. The van der Waals surface area contributed by atoms with E-state index in [2.05, 4.69) is 0 Å². The number of fused-ring (bicyclic) bond motifs is 4. The first kappa shape index (κ1) is 26.3. The highest BCUT2D eigenvalue weighted by atomic mass is 35.5. The Hall–Kier alpha value is -2.94. The van der Waals surface area contributed by atoms with Crippen LogP contribution in [0.1, 0.15) is 31.2 Å². The van der Waals surface area contributed by atoms with Gasteiger partial charge in [-0.2, -0.15) is 0 Å². The van der Waals surface area contributed by atoms with E-state index in [-0.39, 0.29) is 47.7 Å². The number of nitrogens with zero attached hydrogens (tertiary/aromatic N) is 2. The van der Waals surface area contributed by atoms with E-state index in [1.165, 1.54) is 35.2 Å². The van der Waals surface area contributed by atoms with Gasteiger partial charge in [-0.05, 0) is 67.6 Å². The average Bonchev–Trinajstić information content (AvgIpc) is 3.23. The number of imide groups is 2. The summed E-state index contributed by atoms with van der Waals surface area (Å²) in [6.45, 7) is 1.93. The van der Waals surface area contributed by atoms with Gasteiger partial charge < -0.3 is 5.11 Å². The number of halogens is 4. The predicted molar refractivity (Wildman–Crippen MR) is 142 cm³/mol. The number of anilines is 1. The Bertz CT molecular complexity index is 1500. The molecule has 0 spiro atoms. The third-order valence-corrected chi connectivity index (χ3v) is 10.3. The molecule has 2 aliphatic carbocycles. The Morgan fingerprint density at radius 2 is 1.69 bits per heavy atom. The molecule has 6 rings (SSSR count). The van der Waals surface area contributed by atoms with Gasteiger partial charge in [0.25, 0.3) is 11.8 Å². The number of carbonyl (C=O) groups excluding carboxylic acids is 4. The fraction of sp³-hybridized carbons (Fsp3) is 0.357. The number of phenolic OH excluding ortho intramolecular Hbond substituents is 1. The largest absolute Gasteiger partial charge is 0.508 e. The molecular weight excluding hydrogens is 570 g/mol. The molecule has 1 saturated carbocycles. The smallest absolute Gasteiger partial charge is 0.258 e. The number of allylic oxidation sites excluding steroid dienone is 2. The number of amides is 4. The molecule has 39 heavy (non-hydrogen) atoms. The lowest BCUT2D eigenvalue weighted by atomic mass is 9.56. The van der Waals surface area contributed by atoms with Gasteiger partial charge in [-0.25, -0.2) is 9.29 Å². The lowest BCUT2D eigenvalue weighted by Gasteiger charge is -2.50. The summed E-state index contributed by atoms with van der Waals surface area (Å²) in [6, 6.07) is 8.99. The van der Waals surface area contributed by atoms with Crippen LogP contribution in [0.15, 0.2) is 54.1 Å². The second kappa shape index (κ2) is 8.78. The molecule has 2 aliphatic heterocycles. The van der Waals surface area contributed by atoms with Crippen LogP contribution in [-0.2, 0) is 19.2 Å². The van der Waals surface area contributed by atoms with E-state index in [4.69, 9.17) is 34.8 Å². The molecule has 11 heteroatoms. The van der Waals surface area contributed by atoms with E-state index in [0.717, 1.165) is 17.0 Å². The zero-order valence-corrected chi connectivity index (χ0v) is 22.8. The summed E-state index contributed by atoms with van der Waals surface area (Å²) in [5.41, 5.74) is 1.03. The molecule has 6 unspecified atom stereocenters. The second-order valence-corrected chi connectivity index (χ2v) is 12.0. The van der Waals surface area contributed by atoms with Gasteiger partial charge in [-0.3, -0.25) is 24.1 Å². The Labute approximate surface area is 238 Å². The Morgan fingerprint density at radius 1 is 1.00 bits per heavy atom. The molecule has 202 valence electrons. The monoisotopic (exact) mass is 590 g/mol. The zero-order chi connectivity index (χ0) is 28.0. The molecule has 4 aliphatic rings. The standard InChI is InChI=1S/C28H22Cl3FN2O5/c1-2-33-23(36)18-10-9-16-19(21(18)24(33)37)12-27(30)25(38)34(14-5-3-13(32)4-6-14)26(39)28(27,31)22(16)17-8-7-15(35)11-20(17)29/h3-9,11,18-19,21-22,35H,2,10,12H2,1H3. The number of rotatable bonds is 3. The fourth-order valence-electron chi connectivity index (χ4n) is 6.87. The molecular formula is C28H22Cl3FN2O5. The van der Waals surface area contributed by atoms with Crippen molar-refractivity contribution in [2.45, 2.75) is 35.4 Å². The highest BCUT2D eigenvalue weighted by Crippen LogP contribution is 2.66. The summed E-state index contributed by atoms with van der Waals surface area (Å²) in [6.07, 6.45) is 1.88. The first-order valence-corrected chi connectivity index (χ1v) is 13.6. The zero-order valence-electron chi connectivity index (χ0n) is 20.5. The summed E-state index contributed by atoms with van der Waals surface area (Å²) < 4.78 is 13.7. The predicted octanol–water partition coefficient (Wildman–Crippen LogP) is 4.77. The number of carbonyl (C=O) groups is 4. The molecule has 0 radical (unpaired) electrons. The van der Waals surface area contributed by atoms with Crippen molar-refractivity contribution in [3.63, 3.8) is 0 Å². The minimum absolute atomic E-state index is 0.0900. The van der Waals surface area contributed by atoms with Crippen LogP contribution in [-0.4, -0.2) is 49.9 Å². The number of likely N-dealkylation sites (tertiary alicyclic amines) is 1. The maximum atomic E-state index is 14.2. The van der Waals surface area contributed by atoms with Crippen LogP contribution in [0.3, 0.4) is 0 Å². The van der Waals surface area contributed by atoms with E-state index in [1.54, 1.807) is 6.92 Å². The highest BCUT2D eigenvalue weighted by molar-refractivity contribution is 6.58. The molecule has 4 amide bonds. The summed E-state index contributed by atoms with van der Waals surface area (Å²) >= 11 is 21.1. The minimum Gasteiger partial charge on any atom is -0.508 e. The van der Waals surface area contributed by atoms with Gasteiger partial charge >= 0.3 is 0 Å².